The first kappa shape index (κ1) is 18.4. The van der Waals surface area contributed by atoms with Crippen molar-refractivity contribution in [3.8, 4) is 17.1 Å². The number of benzene rings is 2. The van der Waals surface area contributed by atoms with E-state index in [9.17, 15) is 4.79 Å². The third kappa shape index (κ3) is 4.81. The molecule has 1 amide bonds. The van der Waals surface area contributed by atoms with E-state index in [1.807, 2.05) is 74.4 Å². The van der Waals surface area contributed by atoms with Gasteiger partial charge in [0.25, 0.3) is 0 Å². The topological polar surface area (TPSA) is 85.2 Å². The molecule has 2 aromatic carbocycles. The lowest BCUT2D eigenvalue weighted by Gasteiger charge is -2.12. The molecule has 0 saturated carbocycles. The summed E-state index contributed by atoms with van der Waals surface area (Å²) in [6, 6.07) is 15.0. The molecule has 0 unspecified atom stereocenters. The first-order valence-corrected chi connectivity index (χ1v) is 8.63. The maximum absolute atomic E-state index is 12.2. The average molecular weight is 366 g/mol. The van der Waals surface area contributed by atoms with E-state index in [4.69, 9.17) is 4.74 Å². The van der Waals surface area contributed by atoms with Crippen LogP contribution in [0.1, 0.15) is 6.92 Å². The molecule has 27 heavy (non-hydrogen) atoms. The minimum absolute atomic E-state index is 0.0144. The van der Waals surface area contributed by atoms with Crippen molar-refractivity contribution >= 4 is 17.3 Å². The van der Waals surface area contributed by atoms with E-state index < -0.39 is 0 Å². The van der Waals surface area contributed by atoms with Crippen molar-refractivity contribution in [2.75, 3.05) is 30.9 Å². The number of tetrazole rings is 1. The number of ether oxygens (including phenoxy) is 1. The third-order valence-electron chi connectivity index (χ3n) is 3.83. The van der Waals surface area contributed by atoms with Gasteiger partial charge in [0.2, 0.25) is 11.7 Å². The van der Waals surface area contributed by atoms with E-state index in [0.29, 0.717) is 12.4 Å². The molecule has 1 heterocycles. The average Bonchev–Trinajstić information content (AvgIpc) is 3.11. The van der Waals surface area contributed by atoms with Crippen LogP contribution in [-0.4, -0.2) is 46.8 Å². The molecule has 1 N–H and O–H groups in total. The quantitative estimate of drug-likeness (QED) is 0.691. The van der Waals surface area contributed by atoms with Gasteiger partial charge in [-0.15, -0.1) is 10.2 Å². The molecule has 1 aromatic heterocycles. The highest BCUT2D eigenvalue weighted by Gasteiger charge is 2.10. The number of carbonyl (C=O) groups excluding carboxylic acids is 1. The van der Waals surface area contributed by atoms with Gasteiger partial charge in [0.05, 0.1) is 6.61 Å². The minimum Gasteiger partial charge on any atom is -0.494 e. The van der Waals surface area contributed by atoms with Crippen LogP contribution in [0, 0.1) is 0 Å². The summed E-state index contributed by atoms with van der Waals surface area (Å²) in [5.41, 5.74) is 2.59. The van der Waals surface area contributed by atoms with Gasteiger partial charge < -0.3 is 15.0 Å². The van der Waals surface area contributed by atoms with Crippen LogP contribution >= 0.6 is 0 Å². The summed E-state index contributed by atoms with van der Waals surface area (Å²) in [6.45, 7) is 2.53. The molecule has 3 rings (SSSR count). The molecule has 8 heteroatoms. The Bertz CT molecular complexity index is 887. The van der Waals surface area contributed by atoms with Crippen LogP contribution in [0.4, 0.5) is 11.4 Å². The molecular formula is C19H22N6O2. The van der Waals surface area contributed by atoms with Crippen molar-refractivity contribution in [1.29, 1.82) is 0 Å². The Morgan fingerprint density at radius 2 is 1.81 bits per heavy atom. The van der Waals surface area contributed by atoms with E-state index in [1.54, 1.807) is 0 Å². The summed E-state index contributed by atoms with van der Waals surface area (Å²) in [4.78, 5) is 15.5. The Labute approximate surface area is 157 Å². The van der Waals surface area contributed by atoms with Crippen LogP contribution in [-0.2, 0) is 11.3 Å². The first-order valence-electron chi connectivity index (χ1n) is 8.63. The van der Waals surface area contributed by atoms with Crippen LogP contribution in [0.3, 0.4) is 0 Å². The molecule has 0 saturated heterocycles. The Hall–Kier alpha value is -3.42. The zero-order valence-electron chi connectivity index (χ0n) is 15.6. The minimum atomic E-state index is -0.219. The molecule has 0 fully saturated rings. The SMILES string of the molecule is CCOc1ccc(-c2nnn(CC(=O)Nc3ccc(N(C)C)cc3)n2)cc1. The zero-order chi connectivity index (χ0) is 19.2. The summed E-state index contributed by atoms with van der Waals surface area (Å²) in [6.07, 6.45) is 0. The maximum Gasteiger partial charge on any atom is 0.248 e. The van der Waals surface area contributed by atoms with Gasteiger partial charge in [-0.05, 0) is 60.7 Å². The van der Waals surface area contributed by atoms with Crippen molar-refractivity contribution in [1.82, 2.24) is 20.2 Å². The van der Waals surface area contributed by atoms with E-state index in [-0.39, 0.29) is 12.5 Å². The van der Waals surface area contributed by atoms with Gasteiger partial charge in [0.15, 0.2) is 0 Å². The Balaban J connectivity index is 1.60. The molecule has 0 radical (unpaired) electrons. The number of anilines is 2. The second-order valence-electron chi connectivity index (χ2n) is 6.09. The van der Waals surface area contributed by atoms with Crippen LogP contribution in [0.2, 0.25) is 0 Å². The lowest BCUT2D eigenvalue weighted by molar-refractivity contribution is -0.117. The molecule has 140 valence electrons. The van der Waals surface area contributed by atoms with Crippen LogP contribution < -0.4 is 15.0 Å². The standard InChI is InChI=1S/C19H22N6O2/c1-4-27-17-11-5-14(6-12-17)19-21-23-25(22-19)13-18(26)20-15-7-9-16(10-8-15)24(2)3/h5-12H,4,13H2,1-3H3,(H,20,26). The molecule has 0 aliphatic carbocycles. The second-order valence-corrected chi connectivity index (χ2v) is 6.09. The fourth-order valence-corrected chi connectivity index (χ4v) is 2.46. The number of amides is 1. The van der Waals surface area contributed by atoms with E-state index in [1.165, 1.54) is 4.80 Å². The summed E-state index contributed by atoms with van der Waals surface area (Å²) in [5, 5.41) is 15.0. The monoisotopic (exact) mass is 366 g/mol. The first-order chi connectivity index (χ1) is 13.0. The fraction of sp³-hybridized carbons (Fsp3) is 0.263. The van der Waals surface area contributed by atoms with Crippen LogP contribution in [0.25, 0.3) is 11.4 Å². The maximum atomic E-state index is 12.2. The highest BCUT2D eigenvalue weighted by Crippen LogP contribution is 2.19. The largest absolute Gasteiger partial charge is 0.494 e. The van der Waals surface area contributed by atoms with E-state index >= 15 is 0 Å². The van der Waals surface area contributed by atoms with Crippen molar-refractivity contribution in [2.45, 2.75) is 13.5 Å². The third-order valence-corrected chi connectivity index (χ3v) is 3.83. The van der Waals surface area contributed by atoms with Crippen molar-refractivity contribution in [3.63, 3.8) is 0 Å². The highest BCUT2D eigenvalue weighted by molar-refractivity contribution is 5.90. The number of hydrogen-bond donors (Lipinski definition) is 1. The Morgan fingerprint density at radius 1 is 1.11 bits per heavy atom. The molecular weight excluding hydrogens is 344 g/mol. The number of carbonyl (C=O) groups is 1. The molecule has 0 atom stereocenters. The molecule has 0 aliphatic heterocycles. The summed E-state index contributed by atoms with van der Waals surface area (Å²) in [5.74, 6) is 1.03. The fourth-order valence-electron chi connectivity index (χ4n) is 2.46. The Kier molecular flexibility index (Phi) is 5.65. The normalized spacial score (nSPS) is 10.5. The van der Waals surface area contributed by atoms with E-state index in [2.05, 4.69) is 20.7 Å². The second kappa shape index (κ2) is 8.31. The molecule has 0 spiro atoms. The number of nitrogens with one attached hydrogen (secondary N) is 1. The zero-order valence-corrected chi connectivity index (χ0v) is 15.6. The summed E-state index contributed by atoms with van der Waals surface area (Å²) in [7, 11) is 3.93. The number of hydrogen-bond acceptors (Lipinski definition) is 6. The summed E-state index contributed by atoms with van der Waals surface area (Å²) < 4.78 is 5.41. The van der Waals surface area contributed by atoms with Crippen molar-refractivity contribution in [2.24, 2.45) is 0 Å². The Morgan fingerprint density at radius 3 is 2.44 bits per heavy atom. The predicted molar refractivity (Wildman–Crippen MR) is 104 cm³/mol. The van der Waals surface area contributed by atoms with Gasteiger partial charge >= 0.3 is 0 Å². The van der Waals surface area contributed by atoms with Crippen LogP contribution in [0.15, 0.2) is 48.5 Å². The predicted octanol–water partition coefficient (Wildman–Crippen LogP) is 2.44. The van der Waals surface area contributed by atoms with Gasteiger partial charge in [0, 0.05) is 31.0 Å². The molecule has 8 nitrogen and oxygen atoms in total. The van der Waals surface area contributed by atoms with Gasteiger partial charge in [-0.2, -0.15) is 4.80 Å². The smallest absolute Gasteiger partial charge is 0.248 e. The number of rotatable bonds is 7. The molecule has 0 aliphatic rings. The lowest BCUT2D eigenvalue weighted by atomic mass is 10.2. The summed E-state index contributed by atoms with van der Waals surface area (Å²) >= 11 is 0. The van der Waals surface area contributed by atoms with Crippen molar-refractivity contribution < 1.29 is 9.53 Å². The van der Waals surface area contributed by atoms with Gasteiger partial charge in [-0.3, -0.25) is 4.79 Å². The van der Waals surface area contributed by atoms with E-state index in [0.717, 1.165) is 22.7 Å². The van der Waals surface area contributed by atoms with Crippen LogP contribution in [0.5, 0.6) is 5.75 Å². The lowest BCUT2D eigenvalue weighted by Crippen LogP contribution is -2.20. The van der Waals surface area contributed by atoms with Crippen molar-refractivity contribution in [3.05, 3.63) is 48.5 Å². The molecule has 3 aromatic rings. The number of aromatic nitrogens is 4. The van der Waals surface area contributed by atoms with Gasteiger partial charge in [0.1, 0.15) is 12.3 Å². The molecule has 0 bridgehead atoms. The van der Waals surface area contributed by atoms with Gasteiger partial charge in [-0.1, -0.05) is 0 Å². The highest BCUT2D eigenvalue weighted by atomic mass is 16.5. The number of nitrogens with zero attached hydrogens (tertiary/aromatic N) is 5. The van der Waals surface area contributed by atoms with Gasteiger partial charge in [-0.25, -0.2) is 0 Å².